The maximum Gasteiger partial charge on any atom is 0.175 e. The molecule has 20 heavy (non-hydrogen) atoms. The Morgan fingerprint density at radius 3 is 2.75 bits per heavy atom. The summed E-state index contributed by atoms with van der Waals surface area (Å²) in [6, 6.07) is 4.73. The number of benzene rings is 1. The number of ether oxygens (including phenoxy) is 2. The first-order valence-corrected chi connectivity index (χ1v) is 8.31. The third-order valence-corrected chi connectivity index (χ3v) is 4.71. The van der Waals surface area contributed by atoms with Crippen molar-refractivity contribution in [3.05, 3.63) is 22.2 Å². The average molecular weight is 340 g/mol. The summed E-state index contributed by atoms with van der Waals surface area (Å²) >= 11 is 3.64. The number of halogens is 1. The molecule has 2 aliphatic rings. The molecular formula is C16H22BrNO2. The van der Waals surface area contributed by atoms with Crippen molar-refractivity contribution in [2.24, 2.45) is 5.92 Å². The van der Waals surface area contributed by atoms with Gasteiger partial charge in [-0.05, 0) is 71.8 Å². The van der Waals surface area contributed by atoms with Gasteiger partial charge in [-0.2, -0.15) is 0 Å². The fraction of sp³-hybridized carbons (Fsp3) is 0.625. The number of hydrogen-bond acceptors (Lipinski definition) is 3. The fourth-order valence-electron chi connectivity index (χ4n) is 2.70. The predicted octanol–water partition coefficient (Wildman–Crippen LogP) is 4.06. The zero-order chi connectivity index (χ0) is 13.9. The maximum absolute atomic E-state index is 5.93. The molecule has 0 radical (unpaired) electrons. The Bertz CT molecular complexity index is 468. The van der Waals surface area contributed by atoms with Crippen LogP contribution in [0.2, 0.25) is 0 Å². The lowest BCUT2D eigenvalue weighted by Crippen LogP contribution is -2.26. The second-order valence-corrected chi connectivity index (χ2v) is 6.65. The standard InChI is InChI=1S/C16H22BrNO2/c1-19-15-9-12(14-4-2-3-7-18-14)8-13(17)16(15)20-10-11-5-6-11/h8-9,11,14,18H,2-7,10H2,1H3. The number of methoxy groups -OCH3 is 1. The summed E-state index contributed by atoms with van der Waals surface area (Å²) in [5.41, 5.74) is 1.28. The molecule has 1 saturated heterocycles. The highest BCUT2D eigenvalue weighted by molar-refractivity contribution is 9.10. The largest absolute Gasteiger partial charge is 0.493 e. The van der Waals surface area contributed by atoms with E-state index in [2.05, 4.69) is 33.4 Å². The highest BCUT2D eigenvalue weighted by atomic mass is 79.9. The number of hydrogen-bond donors (Lipinski definition) is 1. The monoisotopic (exact) mass is 339 g/mol. The first-order chi connectivity index (χ1) is 9.78. The summed E-state index contributed by atoms with van der Waals surface area (Å²) < 4.78 is 12.5. The Labute approximate surface area is 129 Å². The van der Waals surface area contributed by atoms with Crippen LogP contribution in [0.25, 0.3) is 0 Å². The first kappa shape index (κ1) is 14.2. The van der Waals surface area contributed by atoms with E-state index in [4.69, 9.17) is 9.47 Å². The molecule has 110 valence electrons. The average Bonchev–Trinajstić information content (AvgIpc) is 3.30. The molecule has 1 aliphatic carbocycles. The van der Waals surface area contributed by atoms with Gasteiger partial charge in [0.2, 0.25) is 0 Å². The number of rotatable bonds is 5. The summed E-state index contributed by atoms with van der Waals surface area (Å²) in [5, 5.41) is 3.58. The molecule has 3 nitrogen and oxygen atoms in total. The Hall–Kier alpha value is -0.740. The third kappa shape index (κ3) is 3.29. The quantitative estimate of drug-likeness (QED) is 0.877. The van der Waals surface area contributed by atoms with Crippen LogP contribution in [0, 0.1) is 5.92 Å². The zero-order valence-electron chi connectivity index (χ0n) is 12.0. The SMILES string of the molecule is COc1cc(C2CCCCN2)cc(Br)c1OCC1CC1. The predicted molar refractivity (Wildman–Crippen MR) is 83.5 cm³/mol. The summed E-state index contributed by atoms with van der Waals surface area (Å²) in [4.78, 5) is 0. The maximum atomic E-state index is 5.93. The van der Waals surface area contributed by atoms with Crippen LogP contribution in [0.15, 0.2) is 16.6 Å². The molecule has 1 aromatic rings. The molecule has 1 atom stereocenters. The van der Waals surface area contributed by atoms with Crippen LogP contribution in [0.3, 0.4) is 0 Å². The molecule has 1 heterocycles. The Kier molecular flexibility index (Phi) is 4.51. The van der Waals surface area contributed by atoms with Crippen LogP contribution in [0.5, 0.6) is 11.5 Å². The minimum atomic E-state index is 0.437. The van der Waals surface area contributed by atoms with Gasteiger partial charge in [-0.25, -0.2) is 0 Å². The van der Waals surface area contributed by atoms with Crippen LogP contribution in [0.1, 0.15) is 43.7 Å². The van der Waals surface area contributed by atoms with Crippen molar-refractivity contribution in [1.29, 1.82) is 0 Å². The normalized spacial score (nSPS) is 22.6. The molecule has 1 aromatic carbocycles. The molecule has 0 aromatic heterocycles. The van der Waals surface area contributed by atoms with E-state index < -0.39 is 0 Å². The van der Waals surface area contributed by atoms with E-state index >= 15 is 0 Å². The van der Waals surface area contributed by atoms with Crippen molar-refractivity contribution in [3.63, 3.8) is 0 Å². The van der Waals surface area contributed by atoms with Gasteiger partial charge in [-0.1, -0.05) is 6.42 Å². The second kappa shape index (κ2) is 6.35. The summed E-state index contributed by atoms with van der Waals surface area (Å²) in [6.07, 6.45) is 6.35. The minimum absolute atomic E-state index is 0.437. The summed E-state index contributed by atoms with van der Waals surface area (Å²) in [6.45, 7) is 1.90. The van der Waals surface area contributed by atoms with E-state index in [-0.39, 0.29) is 0 Å². The van der Waals surface area contributed by atoms with E-state index in [1.165, 1.54) is 37.7 Å². The van der Waals surface area contributed by atoms with E-state index in [9.17, 15) is 0 Å². The van der Waals surface area contributed by atoms with E-state index in [0.717, 1.165) is 35.0 Å². The molecule has 2 fully saturated rings. The van der Waals surface area contributed by atoms with Crippen molar-refractivity contribution in [3.8, 4) is 11.5 Å². The molecule has 3 rings (SSSR count). The lowest BCUT2D eigenvalue weighted by atomic mass is 9.97. The van der Waals surface area contributed by atoms with Gasteiger partial charge in [0.15, 0.2) is 11.5 Å². The van der Waals surface area contributed by atoms with Crippen LogP contribution >= 0.6 is 15.9 Å². The van der Waals surface area contributed by atoms with Crippen LogP contribution in [-0.2, 0) is 0 Å². The van der Waals surface area contributed by atoms with Gasteiger partial charge in [-0.15, -0.1) is 0 Å². The lowest BCUT2D eigenvalue weighted by Gasteiger charge is -2.25. The van der Waals surface area contributed by atoms with Gasteiger partial charge in [-0.3, -0.25) is 0 Å². The van der Waals surface area contributed by atoms with Crippen molar-refractivity contribution in [2.45, 2.75) is 38.1 Å². The molecule has 4 heteroatoms. The minimum Gasteiger partial charge on any atom is -0.493 e. The van der Waals surface area contributed by atoms with E-state index in [0.29, 0.717) is 6.04 Å². The number of piperidine rings is 1. The van der Waals surface area contributed by atoms with Crippen molar-refractivity contribution in [1.82, 2.24) is 5.32 Å². The Morgan fingerprint density at radius 1 is 1.25 bits per heavy atom. The molecule has 1 aliphatic heterocycles. The molecule has 0 amide bonds. The highest BCUT2D eigenvalue weighted by Crippen LogP contribution is 2.40. The molecular weight excluding hydrogens is 318 g/mol. The van der Waals surface area contributed by atoms with Gasteiger partial charge in [0.05, 0.1) is 18.2 Å². The molecule has 1 saturated carbocycles. The van der Waals surface area contributed by atoms with E-state index in [1.54, 1.807) is 7.11 Å². The topological polar surface area (TPSA) is 30.5 Å². The van der Waals surface area contributed by atoms with Gasteiger partial charge in [0, 0.05) is 6.04 Å². The van der Waals surface area contributed by atoms with Gasteiger partial charge in [0.25, 0.3) is 0 Å². The van der Waals surface area contributed by atoms with Gasteiger partial charge >= 0.3 is 0 Å². The molecule has 1 unspecified atom stereocenters. The lowest BCUT2D eigenvalue weighted by molar-refractivity contribution is 0.278. The van der Waals surface area contributed by atoms with Crippen molar-refractivity contribution in [2.75, 3.05) is 20.3 Å². The molecule has 0 spiro atoms. The Balaban J connectivity index is 1.79. The smallest absolute Gasteiger partial charge is 0.175 e. The van der Waals surface area contributed by atoms with Crippen molar-refractivity contribution < 1.29 is 9.47 Å². The fourth-order valence-corrected chi connectivity index (χ4v) is 3.28. The molecule has 0 bridgehead atoms. The Morgan fingerprint density at radius 2 is 2.10 bits per heavy atom. The summed E-state index contributed by atoms with van der Waals surface area (Å²) in [5.74, 6) is 2.42. The summed E-state index contributed by atoms with van der Waals surface area (Å²) in [7, 11) is 1.71. The zero-order valence-corrected chi connectivity index (χ0v) is 13.5. The van der Waals surface area contributed by atoms with Gasteiger partial charge in [0.1, 0.15) is 0 Å². The van der Waals surface area contributed by atoms with Crippen LogP contribution in [0.4, 0.5) is 0 Å². The first-order valence-electron chi connectivity index (χ1n) is 7.51. The van der Waals surface area contributed by atoms with Crippen molar-refractivity contribution >= 4 is 15.9 Å². The van der Waals surface area contributed by atoms with Gasteiger partial charge < -0.3 is 14.8 Å². The van der Waals surface area contributed by atoms with E-state index in [1.807, 2.05) is 0 Å². The highest BCUT2D eigenvalue weighted by Gasteiger charge is 2.24. The van der Waals surface area contributed by atoms with Crippen LogP contribution < -0.4 is 14.8 Å². The second-order valence-electron chi connectivity index (χ2n) is 5.79. The molecule has 1 N–H and O–H groups in total. The third-order valence-electron chi connectivity index (χ3n) is 4.12. The number of nitrogens with one attached hydrogen (secondary N) is 1. The van der Waals surface area contributed by atoms with Crippen LogP contribution in [-0.4, -0.2) is 20.3 Å².